The molecule has 1 aromatic heterocycles. The van der Waals surface area contributed by atoms with Gasteiger partial charge in [-0.25, -0.2) is 9.97 Å². The van der Waals surface area contributed by atoms with Crippen LogP contribution in [0, 0.1) is 11.8 Å². The number of nitrogens with one attached hydrogen (secondary N) is 1. The number of rotatable bonds is 7. The fourth-order valence-electron chi connectivity index (χ4n) is 5.05. The lowest BCUT2D eigenvalue weighted by molar-refractivity contribution is 0.281. The molecule has 0 saturated heterocycles. The third-order valence-corrected chi connectivity index (χ3v) is 7.25. The molecule has 36 heavy (non-hydrogen) atoms. The van der Waals surface area contributed by atoms with E-state index in [9.17, 15) is 0 Å². The molecule has 0 aliphatic heterocycles. The lowest BCUT2D eigenvalue weighted by atomic mass is 9.81. The number of nitrogen functional groups attached to an aromatic ring is 1. The van der Waals surface area contributed by atoms with Gasteiger partial charge in [0, 0.05) is 22.6 Å². The number of halogens is 1. The number of hydrogen-bond acceptors (Lipinski definition) is 5. The second-order valence-electron chi connectivity index (χ2n) is 9.69. The lowest BCUT2D eigenvalue weighted by Gasteiger charge is -2.28. The van der Waals surface area contributed by atoms with Crippen molar-refractivity contribution in [2.24, 2.45) is 17.6 Å². The molecule has 1 fully saturated rings. The van der Waals surface area contributed by atoms with Gasteiger partial charge in [0.15, 0.2) is 5.82 Å². The summed E-state index contributed by atoms with van der Waals surface area (Å²) in [5, 5.41) is 5.26. The average molecular weight is 498 g/mol. The van der Waals surface area contributed by atoms with E-state index >= 15 is 0 Å². The van der Waals surface area contributed by atoms with Gasteiger partial charge in [-0.05, 0) is 90.7 Å². The highest BCUT2D eigenvalue weighted by molar-refractivity contribution is 6.31. The number of hydrogen-bond donors (Lipinski definition) is 3. The highest BCUT2D eigenvalue weighted by atomic mass is 35.5. The van der Waals surface area contributed by atoms with E-state index < -0.39 is 0 Å². The second kappa shape index (κ2) is 11.1. The van der Waals surface area contributed by atoms with Crippen LogP contribution in [0.25, 0.3) is 34.2 Å². The SMILES string of the molecule is NCC1CCCC(CNc2nc(/C=C/c3ccc(-c4cccc(N)c4)cc3)nc3cc(Cl)ccc23)C1. The first-order chi connectivity index (χ1) is 17.6. The molecule has 1 aliphatic rings. The zero-order valence-corrected chi connectivity index (χ0v) is 21.1. The van der Waals surface area contributed by atoms with E-state index in [1.807, 2.05) is 48.6 Å². The molecule has 5 rings (SSSR count). The number of aromatic nitrogens is 2. The van der Waals surface area contributed by atoms with Gasteiger partial charge in [0.2, 0.25) is 0 Å². The van der Waals surface area contributed by atoms with E-state index in [1.165, 1.54) is 25.7 Å². The largest absolute Gasteiger partial charge is 0.399 e. The molecule has 0 amide bonds. The number of fused-ring (bicyclic) bond motifs is 1. The van der Waals surface area contributed by atoms with Gasteiger partial charge in [-0.2, -0.15) is 0 Å². The maximum Gasteiger partial charge on any atom is 0.154 e. The highest BCUT2D eigenvalue weighted by Crippen LogP contribution is 2.30. The molecule has 1 heterocycles. The number of anilines is 2. The molecule has 2 atom stereocenters. The topological polar surface area (TPSA) is 89.8 Å². The number of benzene rings is 3. The quantitative estimate of drug-likeness (QED) is 0.242. The van der Waals surface area contributed by atoms with Crippen LogP contribution in [0.1, 0.15) is 37.1 Å². The first-order valence-electron chi connectivity index (χ1n) is 12.6. The van der Waals surface area contributed by atoms with E-state index in [1.54, 1.807) is 0 Å². The Kier molecular flexibility index (Phi) is 7.49. The lowest BCUT2D eigenvalue weighted by Crippen LogP contribution is -2.26. The Morgan fingerprint density at radius 1 is 0.917 bits per heavy atom. The minimum Gasteiger partial charge on any atom is -0.399 e. The van der Waals surface area contributed by atoms with Crippen molar-refractivity contribution in [1.29, 1.82) is 0 Å². The predicted molar refractivity (Wildman–Crippen MR) is 153 cm³/mol. The predicted octanol–water partition coefficient (Wildman–Crippen LogP) is 6.88. The van der Waals surface area contributed by atoms with E-state index in [4.69, 9.17) is 33.0 Å². The smallest absolute Gasteiger partial charge is 0.154 e. The molecule has 4 aromatic rings. The summed E-state index contributed by atoms with van der Waals surface area (Å²) in [4.78, 5) is 9.61. The molecule has 0 radical (unpaired) electrons. The van der Waals surface area contributed by atoms with E-state index in [-0.39, 0.29) is 0 Å². The Bertz CT molecular complexity index is 1370. The summed E-state index contributed by atoms with van der Waals surface area (Å²) in [6, 6.07) is 22.1. The monoisotopic (exact) mass is 497 g/mol. The van der Waals surface area contributed by atoms with Crippen LogP contribution in [-0.4, -0.2) is 23.1 Å². The Morgan fingerprint density at radius 2 is 1.75 bits per heavy atom. The Balaban J connectivity index is 1.36. The van der Waals surface area contributed by atoms with Crippen molar-refractivity contribution < 1.29 is 0 Å². The van der Waals surface area contributed by atoms with Gasteiger partial charge in [0.1, 0.15) is 5.82 Å². The summed E-state index contributed by atoms with van der Waals surface area (Å²) in [7, 11) is 0. The fraction of sp³-hybridized carbons (Fsp3) is 0.267. The highest BCUT2D eigenvalue weighted by Gasteiger charge is 2.21. The van der Waals surface area contributed by atoms with Gasteiger partial charge in [-0.15, -0.1) is 0 Å². The van der Waals surface area contributed by atoms with Gasteiger partial charge >= 0.3 is 0 Å². The van der Waals surface area contributed by atoms with Crippen LogP contribution in [0.4, 0.5) is 11.5 Å². The first-order valence-corrected chi connectivity index (χ1v) is 13.0. The van der Waals surface area contributed by atoms with E-state index in [0.29, 0.717) is 22.7 Å². The van der Waals surface area contributed by atoms with Crippen LogP contribution in [0.2, 0.25) is 5.02 Å². The van der Waals surface area contributed by atoms with Crippen molar-refractivity contribution in [2.45, 2.75) is 25.7 Å². The van der Waals surface area contributed by atoms with Crippen LogP contribution in [0.5, 0.6) is 0 Å². The summed E-state index contributed by atoms with van der Waals surface area (Å²) in [6.45, 7) is 1.67. The zero-order valence-electron chi connectivity index (χ0n) is 20.3. The van der Waals surface area contributed by atoms with Crippen LogP contribution >= 0.6 is 11.6 Å². The molecule has 5 N–H and O–H groups in total. The van der Waals surface area contributed by atoms with Gasteiger partial charge < -0.3 is 16.8 Å². The molecule has 0 bridgehead atoms. The maximum absolute atomic E-state index is 6.28. The first kappa shape index (κ1) is 24.3. The molecular weight excluding hydrogens is 466 g/mol. The summed E-state index contributed by atoms with van der Waals surface area (Å²) >= 11 is 6.28. The summed E-state index contributed by atoms with van der Waals surface area (Å²) < 4.78 is 0. The normalized spacial score (nSPS) is 18.1. The molecule has 0 spiro atoms. The zero-order chi connectivity index (χ0) is 24.9. The van der Waals surface area contributed by atoms with Crippen molar-refractivity contribution in [3.63, 3.8) is 0 Å². The van der Waals surface area contributed by atoms with Gasteiger partial charge in [-0.3, -0.25) is 0 Å². The van der Waals surface area contributed by atoms with Gasteiger partial charge in [0.25, 0.3) is 0 Å². The third-order valence-electron chi connectivity index (χ3n) is 7.01. The van der Waals surface area contributed by atoms with Crippen molar-refractivity contribution >= 4 is 46.2 Å². The Hall–Kier alpha value is -3.41. The van der Waals surface area contributed by atoms with Crippen LogP contribution < -0.4 is 16.8 Å². The number of nitrogens with two attached hydrogens (primary N) is 2. The number of nitrogens with zero attached hydrogens (tertiary/aromatic N) is 2. The molecule has 3 aromatic carbocycles. The van der Waals surface area contributed by atoms with E-state index in [2.05, 4.69) is 35.6 Å². The molecule has 6 heteroatoms. The van der Waals surface area contributed by atoms with Crippen molar-refractivity contribution in [3.05, 3.63) is 83.1 Å². The van der Waals surface area contributed by atoms with Gasteiger partial charge in [-0.1, -0.05) is 60.5 Å². The van der Waals surface area contributed by atoms with Crippen LogP contribution in [-0.2, 0) is 0 Å². The average Bonchev–Trinajstić information content (AvgIpc) is 2.90. The van der Waals surface area contributed by atoms with Gasteiger partial charge in [0.05, 0.1) is 5.52 Å². The summed E-state index contributed by atoms with van der Waals surface area (Å²) in [5.41, 5.74) is 16.8. The second-order valence-corrected chi connectivity index (χ2v) is 10.1. The molecular formula is C30H32ClN5. The minimum atomic E-state index is 0.613. The van der Waals surface area contributed by atoms with Crippen molar-refractivity contribution in [3.8, 4) is 11.1 Å². The molecule has 184 valence electrons. The Morgan fingerprint density at radius 3 is 2.56 bits per heavy atom. The molecule has 5 nitrogen and oxygen atoms in total. The molecule has 1 saturated carbocycles. The summed E-state index contributed by atoms with van der Waals surface area (Å²) in [6.07, 6.45) is 8.89. The maximum atomic E-state index is 6.28. The van der Waals surface area contributed by atoms with Crippen molar-refractivity contribution in [1.82, 2.24) is 9.97 Å². The molecule has 1 aliphatic carbocycles. The Labute approximate surface area is 217 Å². The standard InChI is InChI=1S/C30H32ClN5/c31-25-12-13-27-28(17-25)35-29(36-30(27)34-19-22-4-1-3-21(15-22)18-32)14-9-20-7-10-23(11-8-20)24-5-2-6-26(33)16-24/h2,5-14,16-17,21-22H,1,3-4,15,18-19,32-33H2,(H,34,35,36)/b14-9+. The van der Waals surface area contributed by atoms with Crippen LogP contribution in [0.15, 0.2) is 66.7 Å². The third kappa shape index (κ3) is 5.86. The fourth-order valence-corrected chi connectivity index (χ4v) is 5.21. The van der Waals surface area contributed by atoms with Crippen molar-refractivity contribution in [2.75, 3.05) is 24.1 Å². The minimum absolute atomic E-state index is 0.613. The van der Waals surface area contributed by atoms with Crippen LogP contribution in [0.3, 0.4) is 0 Å². The van der Waals surface area contributed by atoms with E-state index in [0.717, 1.165) is 52.2 Å². The molecule has 2 unspecified atom stereocenters. The summed E-state index contributed by atoms with van der Waals surface area (Å²) in [5.74, 6) is 2.75.